The molecule has 5 heteroatoms. The molecule has 0 atom stereocenters. The summed E-state index contributed by atoms with van der Waals surface area (Å²) in [5, 5.41) is 3.32. The zero-order chi connectivity index (χ0) is 14.9. The smallest absolute Gasteiger partial charge is 0.222 e. The first-order chi connectivity index (χ1) is 10.3. The third-order valence-corrected chi connectivity index (χ3v) is 3.74. The van der Waals surface area contributed by atoms with E-state index in [0.717, 1.165) is 51.2 Å². The first-order valence-electron chi connectivity index (χ1n) is 7.94. The van der Waals surface area contributed by atoms with Crippen LogP contribution >= 0.6 is 12.4 Å². The third kappa shape index (κ3) is 6.67. The molecule has 0 saturated carbocycles. The van der Waals surface area contributed by atoms with Gasteiger partial charge in [0.15, 0.2) is 0 Å². The lowest BCUT2D eigenvalue weighted by Gasteiger charge is -2.19. The van der Waals surface area contributed by atoms with Crippen molar-refractivity contribution in [3.05, 3.63) is 29.8 Å². The van der Waals surface area contributed by atoms with Crippen molar-refractivity contribution in [2.45, 2.75) is 32.6 Å². The molecule has 0 aromatic heterocycles. The van der Waals surface area contributed by atoms with E-state index in [2.05, 4.69) is 18.3 Å². The van der Waals surface area contributed by atoms with Crippen molar-refractivity contribution in [2.24, 2.45) is 0 Å². The number of amides is 1. The summed E-state index contributed by atoms with van der Waals surface area (Å²) < 4.78 is 5.70. The lowest BCUT2D eigenvalue weighted by molar-refractivity contribution is -0.131. The zero-order valence-corrected chi connectivity index (χ0v) is 14.2. The molecule has 1 fully saturated rings. The number of hydrogen-bond donors (Lipinski definition) is 1. The van der Waals surface area contributed by atoms with Gasteiger partial charge in [-0.1, -0.05) is 12.1 Å². The largest absolute Gasteiger partial charge is 0.494 e. The molecule has 0 aliphatic carbocycles. The molecule has 22 heavy (non-hydrogen) atoms. The topological polar surface area (TPSA) is 41.6 Å². The van der Waals surface area contributed by atoms with Crippen molar-refractivity contribution in [3.8, 4) is 5.75 Å². The molecule has 1 amide bonds. The second-order valence-corrected chi connectivity index (χ2v) is 5.61. The van der Waals surface area contributed by atoms with Crippen LogP contribution in [-0.2, 0) is 4.79 Å². The minimum absolute atomic E-state index is 0. The Balaban J connectivity index is 0.00000242. The summed E-state index contributed by atoms with van der Waals surface area (Å²) in [6, 6.07) is 8.07. The Labute approximate surface area is 139 Å². The average molecular weight is 327 g/mol. The summed E-state index contributed by atoms with van der Waals surface area (Å²) in [5.41, 5.74) is 1.21. The second-order valence-electron chi connectivity index (χ2n) is 5.61. The van der Waals surface area contributed by atoms with Gasteiger partial charge in [-0.05, 0) is 50.4 Å². The van der Waals surface area contributed by atoms with E-state index < -0.39 is 0 Å². The Morgan fingerprint density at radius 3 is 2.95 bits per heavy atom. The van der Waals surface area contributed by atoms with Gasteiger partial charge in [-0.15, -0.1) is 12.4 Å². The van der Waals surface area contributed by atoms with Crippen molar-refractivity contribution in [3.63, 3.8) is 0 Å². The summed E-state index contributed by atoms with van der Waals surface area (Å²) in [6.07, 6.45) is 3.51. The molecular formula is C17H27ClN2O2. The Bertz CT molecular complexity index is 446. The SMILES string of the molecule is Cc1cccc(OCCCCC(=O)N2CCCNCC2)c1.Cl. The minimum atomic E-state index is 0. The monoisotopic (exact) mass is 326 g/mol. The predicted octanol–water partition coefficient (Wildman–Crippen LogP) is 2.79. The Morgan fingerprint density at radius 2 is 2.14 bits per heavy atom. The van der Waals surface area contributed by atoms with Gasteiger partial charge in [0.25, 0.3) is 0 Å². The fraction of sp³-hybridized carbons (Fsp3) is 0.588. The fourth-order valence-electron chi connectivity index (χ4n) is 2.53. The summed E-state index contributed by atoms with van der Waals surface area (Å²) in [5.74, 6) is 1.20. The van der Waals surface area contributed by atoms with Crippen LogP contribution in [0.4, 0.5) is 0 Å². The number of halogens is 1. The van der Waals surface area contributed by atoms with Crippen molar-refractivity contribution < 1.29 is 9.53 Å². The molecule has 1 aliphatic heterocycles. The summed E-state index contributed by atoms with van der Waals surface area (Å²) in [4.78, 5) is 14.1. The molecule has 1 saturated heterocycles. The molecule has 0 spiro atoms. The number of unbranched alkanes of at least 4 members (excludes halogenated alkanes) is 1. The molecule has 1 N–H and O–H groups in total. The second kappa shape index (κ2) is 10.5. The van der Waals surface area contributed by atoms with Crippen molar-refractivity contribution in [2.75, 3.05) is 32.8 Å². The lowest BCUT2D eigenvalue weighted by Crippen LogP contribution is -2.34. The van der Waals surface area contributed by atoms with Crippen LogP contribution in [-0.4, -0.2) is 43.6 Å². The number of carbonyl (C=O) groups is 1. The zero-order valence-electron chi connectivity index (χ0n) is 13.3. The summed E-state index contributed by atoms with van der Waals surface area (Å²) >= 11 is 0. The lowest BCUT2D eigenvalue weighted by atomic mass is 10.2. The van der Waals surface area contributed by atoms with E-state index in [1.54, 1.807) is 0 Å². The van der Waals surface area contributed by atoms with E-state index in [4.69, 9.17) is 4.74 Å². The van der Waals surface area contributed by atoms with Gasteiger partial charge in [-0.25, -0.2) is 0 Å². The van der Waals surface area contributed by atoms with Crippen LogP contribution in [0.2, 0.25) is 0 Å². The highest BCUT2D eigenvalue weighted by Gasteiger charge is 2.14. The van der Waals surface area contributed by atoms with Crippen molar-refractivity contribution in [1.29, 1.82) is 0 Å². The van der Waals surface area contributed by atoms with Gasteiger partial charge in [-0.2, -0.15) is 0 Å². The van der Waals surface area contributed by atoms with Crippen LogP contribution < -0.4 is 10.1 Å². The van der Waals surface area contributed by atoms with Gasteiger partial charge in [0.1, 0.15) is 5.75 Å². The van der Waals surface area contributed by atoms with Gasteiger partial charge in [-0.3, -0.25) is 4.79 Å². The minimum Gasteiger partial charge on any atom is -0.494 e. The number of hydrogen-bond acceptors (Lipinski definition) is 3. The van der Waals surface area contributed by atoms with Gasteiger partial charge >= 0.3 is 0 Å². The summed E-state index contributed by atoms with van der Waals surface area (Å²) in [7, 11) is 0. The van der Waals surface area contributed by atoms with E-state index in [-0.39, 0.29) is 18.3 Å². The number of ether oxygens (including phenoxy) is 1. The molecule has 1 aromatic carbocycles. The predicted molar refractivity (Wildman–Crippen MR) is 91.8 cm³/mol. The molecule has 1 aromatic rings. The Hall–Kier alpha value is -1.26. The van der Waals surface area contributed by atoms with Gasteiger partial charge in [0.05, 0.1) is 6.61 Å². The molecule has 0 radical (unpaired) electrons. The number of nitrogens with one attached hydrogen (secondary N) is 1. The number of aryl methyl sites for hydroxylation is 1. The van der Waals surface area contributed by atoms with Gasteiger partial charge in [0, 0.05) is 26.1 Å². The molecular weight excluding hydrogens is 300 g/mol. The number of benzene rings is 1. The average Bonchev–Trinajstić information content (AvgIpc) is 2.76. The normalized spacial score (nSPS) is 14.9. The maximum Gasteiger partial charge on any atom is 0.222 e. The number of nitrogens with zero attached hydrogens (tertiary/aromatic N) is 1. The molecule has 1 aliphatic rings. The van der Waals surface area contributed by atoms with Crippen molar-refractivity contribution in [1.82, 2.24) is 10.2 Å². The molecule has 4 nitrogen and oxygen atoms in total. The van der Waals surface area contributed by atoms with E-state index in [0.29, 0.717) is 13.0 Å². The number of carbonyl (C=O) groups excluding carboxylic acids is 1. The van der Waals surface area contributed by atoms with Crippen LogP contribution in [0, 0.1) is 6.92 Å². The van der Waals surface area contributed by atoms with Crippen LogP contribution in [0.5, 0.6) is 5.75 Å². The van der Waals surface area contributed by atoms with Crippen LogP contribution in [0.1, 0.15) is 31.2 Å². The van der Waals surface area contributed by atoms with Crippen LogP contribution in [0.15, 0.2) is 24.3 Å². The van der Waals surface area contributed by atoms with Crippen LogP contribution in [0.3, 0.4) is 0 Å². The van der Waals surface area contributed by atoms with Gasteiger partial charge in [0.2, 0.25) is 5.91 Å². The van der Waals surface area contributed by atoms with E-state index in [9.17, 15) is 4.79 Å². The molecule has 1 heterocycles. The third-order valence-electron chi connectivity index (χ3n) is 3.74. The van der Waals surface area contributed by atoms with Crippen LogP contribution in [0.25, 0.3) is 0 Å². The first-order valence-corrected chi connectivity index (χ1v) is 7.94. The maximum atomic E-state index is 12.1. The van der Waals surface area contributed by atoms with Crippen molar-refractivity contribution >= 4 is 18.3 Å². The Kier molecular flexibility index (Phi) is 8.94. The number of rotatable bonds is 6. The Morgan fingerprint density at radius 1 is 1.27 bits per heavy atom. The highest BCUT2D eigenvalue weighted by atomic mass is 35.5. The molecule has 0 bridgehead atoms. The molecule has 2 rings (SSSR count). The van der Waals surface area contributed by atoms with E-state index in [1.807, 2.05) is 23.1 Å². The highest BCUT2D eigenvalue weighted by Crippen LogP contribution is 2.13. The standard InChI is InChI=1S/C17H26N2O2.ClH/c1-15-6-4-7-16(14-15)21-13-3-2-8-17(20)19-11-5-9-18-10-12-19;/h4,6-7,14,18H,2-3,5,8-13H2,1H3;1H. The summed E-state index contributed by atoms with van der Waals surface area (Å²) in [6.45, 7) is 6.42. The highest BCUT2D eigenvalue weighted by molar-refractivity contribution is 5.85. The first kappa shape index (κ1) is 18.8. The molecule has 0 unspecified atom stereocenters. The quantitative estimate of drug-likeness (QED) is 0.817. The maximum absolute atomic E-state index is 12.1. The molecule has 124 valence electrons. The van der Waals surface area contributed by atoms with E-state index in [1.165, 1.54) is 5.56 Å². The fourth-order valence-corrected chi connectivity index (χ4v) is 2.53. The van der Waals surface area contributed by atoms with Gasteiger partial charge < -0.3 is 15.0 Å². The van der Waals surface area contributed by atoms with E-state index >= 15 is 0 Å².